The van der Waals surface area contributed by atoms with Gasteiger partial charge in [0, 0.05) is 0 Å². The van der Waals surface area contributed by atoms with Crippen molar-refractivity contribution in [3.8, 4) is 6.07 Å². The van der Waals surface area contributed by atoms with Crippen LogP contribution in [0.5, 0.6) is 0 Å². The third-order valence-corrected chi connectivity index (χ3v) is 8.79. The molecule has 4 aliphatic carbocycles. The summed E-state index contributed by atoms with van der Waals surface area (Å²) in [6.07, 6.45) is 10.9. The number of nitriles is 1. The van der Waals surface area contributed by atoms with Crippen LogP contribution < -0.4 is 0 Å². The Morgan fingerprint density at radius 1 is 0.909 bits per heavy atom. The van der Waals surface area contributed by atoms with E-state index in [0.29, 0.717) is 16.7 Å². The molecule has 8 atom stereocenters. The van der Waals surface area contributed by atoms with Gasteiger partial charge in [-0.2, -0.15) is 5.26 Å². The van der Waals surface area contributed by atoms with E-state index >= 15 is 0 Å². The molecule has 0 aromatic carbocycles. The molecular weight excluding hydrogens is 270 g/mol. The van der Waals surface area contributed by atoms with Crippen molar-refractivity contribution in [2.75, 3.05) is 0 Å². The SMILES string of the molecule is C[C@]12CCC3C(CC[C@@H]4C[C@H](O)CC[C@]34C)C1CC[C@@H]2C#N. The van der Waals surface area contributed by atoms with Gasteiger partial charge < -0.3 is 5.11 Å². The molecule has 0 aromatic heterocycles. The highest BCUT2D eigenvalue weighted by Gasteiger charge is 2.60. The molecule has 4 aliphatic rings. The number of aliphatic hydroxyl groups excluding tert-OH is 1. The molecule has 0 amide bonds. The Morgan fingerprint density at radius 2 is 1.64 bits per heavy atom. The second kappa shape index (κ2) is 4.97. The molecule has 2 nitrogen and oxygen atoms in total. The molecule has 3 unspecified atom stereocenters. The lowest BCUT2D eigenvalue weighted by molar-refractivity contribution is -0.124. The van der Waals surface area contributed by atoms with Crippen molar-refractivity contribution in [1.82, 2.24) is 0 Å². The van der Waals surface area contributed by atoms with Gasteiger partial charge in [0.1, 0.15) is 0 Å². The normalized spacial score (nSPS) is 57.4. The van der Waals surface area contributed by atoms with Gasteiger partial charge in [-0.25, -0.2) is 0 Å². The number of hydrogen-bond acceptors (Lipinski definition) is 2. The fraction of sp³-hybridized carbons (Fsp3) is 0.950. The Balaban J connectivity index is 1.62. The number of nitrogens with zero attached hydrogens (tertiary/aromatic N) is 1. The van der Waals surface area contributed by atoms with Crippen LogP contribution in [0.1, 0.15) is 71.6 Å². The molecule has 2 heteroatoms. The Bertz CT molecular complexity index is 496. The van der Waals surface area contributed by atoms with Gasteiger partial charge in [-0.1, -0.05) is 13.8 Å². The summed E-state index contributed by atoms with van der Waals surface area (Å²) in [6, 6.07) is 2.64. The summed E-state index contributed by atoms with van der Waals surface area (Å²) in [4.78, 5) is 0. The van der Waals surface area contributed by atoms with E-state index in [2.05, 4.69) is 19.9 Å². The first-order chi connectivity index (χ1) is 10.5. The summed E-state index contributed by atoms with van der Waals surface area (Å²) < 4.78 is 0. The quantitative estimate of drug-likeness (QED) is 0.714. The Hall–Kier alpha value is -0.550. The summed E-state index contributed by atoms with van der Waals surface area (Å²) in [5.74, 6) is 3.55. The van der Waals surface area contributed by atoms with Crippen LogP contribution in [-0.2, 0) is 0 Å². The van der Waals surface area contributed by atoms with Gasteiger partial charge in [-0.05, 0) is 92.3 Å². The minimum atomic E-state index is -0.0436. The minimum absolute atomic E-state index is 0.0436. The predicted octanol–water partition coefficient (Wildman–Crippen LogP) is 4.53. The van der Waals surface area contributed by atoms with Gasteiger partial charge in [-0.15, -0.1) is 0 Å². The van der Waals surface area contributed by atoms with Crippen molar-refractivity contribution in [3.63, 3.8) is 0 Å². The molecule has 0 radical (unpaired) electrons. The zero-order chi connectivity index (χ0) is 15.5. The lowest BCUT2D eigenvalue weighted by Gasteiger charge is -2.60. The fourth-order valence-electron chi connectivity index (χ4n) is 7.45. The molecule has 0 aromatic rings. The van der Waals surface area contributed by atoms with Gasteiger partial charge in [0.15, 0.2) is 0 Å². The zero-order valence-corrected chi connectivity index (χ0v) is 14.2. The van der Waals surface area contributed by atoms with Crippen LogP contribution in [-0.4, -0.2) is 11.2 Å². The summed E-state index contributed by atoms with van der Waals surface area (Å²) in [7, 11) is 0. The van der Waals surface area contributed by atoms with E-state index in [9.17, 15) is 10.4 Å². The van der Waals surface area contributed by atoms with Crippen molar-refractivity contribution in [3.05, 3.63) is 0 Å². The van der Waals surface area contributed by atoms with Crippen molar-refractivity contribution < 1.29 is 5.11 Å². The van der Waals surface area contributed by atoms with Crippen LogP contribution in [0.3, 0.4) is 0 Å². The highest BCUT2D eigenvalue weighted by atomic mass is 16.3. The third kappa shape index (κ3) is 1.87. The predicted molar refractivity (Wildman–Crippen MR) is 86.8 cm³/mol. The lowest BCUT2D eigenvalue weighted by atomic mass is 9.45. The van der Waals surface area contributed by atoms with Crippen LogP contribution >= 0.6 is 0 Å². The largest absolute Gasteiger partial charge is 0.393 e. The van der Waals surface area contributed by atoms with E-state index in [1.807, 2.05) is 0 Å². The molecular formula is C20H31NO. The Kier molecular flexibility index (Phi) is 3.39. The molecule has 4 saturated carbocycles. The standard InChI is InChI=1S/C20H31NO/c1-19-9-7-15(22)11-13(19)3-5-16-17-6-4-14(12-21)20(17,2)10-8-18(16)19/h13-18,22H,3-11H2,1-2H3/t13-,14-,15-,16?,17?,18?,19+,20-/m1/s1. The molecule has 4 rings (SSSR count). The Morgan fingerprint density at radius 3 is 2.41 bits per heavy atom. The molecule has 4 fully saturated rings. The molecule has 122 valence electrons. The number of hydrogen-bond donors (Lipinski definition) is 1. The fourth-order valence-corrected chi connectivity index (χ4v) is 7.45. The first-order valence-corrected chi connectivity index (χ1v) is 9.56. The maximum Gasteiger partial charge on any atom is 0.0661 e. The zero-order valence-electron chi connectivity index (χ0n) is 14.2. The maximum atomic E-state index is 10.1. The summed E-state index contributed by atoms with van der Waals surface area (Å²) in [5.41, 5.74) is 0.765. The van der Waals surface area contributed by atoms with Gasteiger partial charge in [0.25, 0.3) is 0 Å². The van der Waals surface area contributed by atoms with Crippen LogP contribution in [0.2, 0.25) is 0 Å². The van der Waals surface area contributed by atoms with Crippen LogP contribution in [0.25, 0.3) is 0 Å². The first-order valence-electron chi connectivity index (χ1n) is 9.56. The van der Waals surface area contributed by atoms with Crippen molar-refractivity contribution in [2.24, 2.45) is 40.4 Å². The Labute approximate surface area is 135 Å². The molecule has 0 heterocycles. The van der Waals surface area contributed by atoms with E-state index in [-0.39, 0.29) is 6.10 Å². The highest BCUT2D eigenvalue weighted by molar-refractivity contribution is 5.12. The topological polar surface area (TPSA) is 44.0 Å². The van der Waals surface area contributed by atoms with E-state index in [4.69, 9.17) is 0 Å². The van der Waals surface area contributed by atoms with Gasteiger partial charge in [0.05, 0.1) is 18.1 Å². The number of rotatable bonds is 0. The van der Waals surface area contributed by atoms with Crippen molar-refractivity contribution in [1.29, 1.82) is 5.26 Å². The van der Waals surface area contributed by atoms with E-state index in [0.717, 1.165) is 42.9 Å². The van der Waals surface area contributed by atoms with Crippen molar-refractivity contribution >= 4 is 0 Å². The molecule has 0 aliphatic heterocycles. The number of aliphatic hydroxyl groups is 1. The van der Waals surface area contributed by atoms with E-state index in [1.165, 1.54) is 38.5 Å². The van der Waals surface area contributed by atoms with Gasteiger partial charge >= 0.3 is 0 Å². The highest BCUT2D eigenvalue weighted by Crippen LogP contribution is 2.67. The van der Waals surface area contributed by atoms with E-state index in [1.54, 1.807) is 0 Å². The number of fused-ring (bicyclic) bond motifs is 5. The minimum Gasteiger partial charge on any atom is -0.393 e. The van der Waals surface area contributed by atoms with E-state index < -0.39 is 0 Å². The second-order valence-corrected chi connectivity index (χ2v) is 9.39. The monoisotopic (exact) mass is 301 g/mol. The smallest absolute Gasteiger partial charge is 0.0661 e. The third-order valence-electron chi connectivity index (χ3n) is 8.79. The van der Waals surface area contributed by atoms with Crippen LogP contribution in [0, 0.1) is 51.8 Å². The van der Waals surface area contributed by atoms with Gasteiger partial charge in [0.2, 0.25) is 0 Å². The average molecular weight is 301 g/mol. The van der Waals surface area contributed by atoms with Gasteiger partial charge in [-0.3, -0.25) is 0 Å². The lowest BCUT2D eigenvalue weighted by Crippen LogP contribution is -2.53. The molecule has 22 heavy (non-hydrogen) atoms. The van der Waals surface area contributed by atoms with Crippen molar-refractivity contribution in [2.45, 2.75) is 77.7 Å². The molecule has 0 spiro atoms. The maximum absolute atomic E-state index is 10.1. The first kappa shape index (κ1) is 15.0. The van der Waals surface area contributed by atoms with Crippen LogP contribution in [0.4, 0.5) is 0 Å². The summed E-state index contributed by atoms with van der Waals surface area (Å²) in [6.45, 7) is 4.97. The molecule has 1 N–H and O–H groups in total. The summed E-state index contributed by atoms with van der Waals surface area (Å²) >= 11 is 0. The van der Waals surface area contributed by atoms with Crippen LogP contribution in [0.15, 0.2) is 0 Å². The summed E-state index contributed by atoms with van der Waals surface area (Å²) in [5, 5.41) is 19.6. The molecule has 0 saturated heterocycles. The average Bonchev–Trinajstić information content (AvgIpc) is 2.84. The molecule has 0 bridgehead atoms. The second-order valence-electron chi connectivity index (χ2n) is 9.39.